The van der Waals surface area contributed by atoms with E-state index in [1.54, 1.807) is 6.08 Å². The van der Waals surface area contributed by atoms with Crippen LogP contribution >= 0.6 is 22.7 Å². The molecule has 1 aliphatic carbocycles. The number of fused-ring (bicyclic) bond motifs is 1. The van der Waals surface area contributed by atoms with Crippen LogP contribution < -0.4 is 5.32 Å². The highest BCUT2D eigenvalue weighted by molar-refractivity contribution is 7.16. The van der Waals surface area contributed by atoms with Gasteiger partial charge in [0.25, 0.3) is 0 Å². The van der Waals surface area contributed by atoms with E-state index in [-0.39, 0.29) is 18.6 Å². The molecule has 2 amide bonds. The zero-order valence-electron chi connectivity index (χ0n) is 17.2. The lowest BCUT2D eigenvalue weighted by molar-refractivity contribution is -0.111. The van der Waals surface area contributed by atoms with Gasteiger partial charge in [-0.2, -0.15) is 5.26 Å². The molecule has 1 fully saturated rings. The summed E-state index contributed by atoms with van der Waals surface area (Å²) in [5.41, 5.74) is 1.37. The lowest BCUT2D eigenvalue weighted by Crippen LogP contribution is -2.49. The monoisotopic (exact) mass is 473 g/mol. The maximum Gasteiger partial charge on any atom is 0.410 e. The van der Waals surface area contributed by atoms with Crippen molar-refractivity contribution in [3.63, 3.8) is 0 Å². The van der Waals surface area contributed by atoms with Gasteiger partial charge in [0, 0.05) is 28.8 Å². The minimum atomic E-state index is -0.968. The standard InChI is InChI=1S/C22H23N3O5S2/c23-11-16-15-5-3-13(30-22(29)25-8-7-17(26)18(27)12-25)10-19(15)32-21(16)24-20(28)6-4-14-2-1-9-31-14/h1-2,4,6,9,13,17-18,26-27H,3,5,7-8,10,12H2,(H,24,28)/b6-4+. The smallest absolute Gasteiger partial charge is 0.410 e. The minimum absolute atomic E-state index is 0.0464. The average Bonchev–Trinajstić information content (AvgIpc) is 3.41. The van der Waals surface area contributed by atoms with Gasteiger partial charge in [0.1, 0.15) is 17.2 Å². The molecule has 3 unspecified atom stereocenters. The van der Waals surface area contributed by atoms with Crippen molar-refractivity contribution in [3.05, 3.63) is 44.5 Å². The number of anilines is 1. The molecule has 3 atom stereocenters. The average molecular weight is 474 g/mol. The summed E-state index contributed by atoms with van der Waals surface area (Å²) in [5.74, 6) is -0.303. The second-order valence-electron chi connectivity index (χ2n) is 7.78. The van der Waals surface area contributed by atoms with Gasteiger partial charge in [-0.25, -0.2) is 4.79 Å². The number of hydrogen-bond donors (Lipinski definition) is 3. The predicted molar refractivity (Wildman–Crippen MR) is 122 cm³/mol. The quantitative estimate of drug-likeness (QED) is 0.587. The van der Waals surface area contributed by atoms with Crippen molar-refractivity contribution in [1.82, 2.24) is 4.90 Å². The van der Waals surface area contributed by atoms with E-state index in [0.29, 0.717) is 42.8 Å². The summed E-state index contributed by atoms with van der Waals surface area (Å²) in [6, 6.07) is 6.02. The van der Waals surface area contributed by atoms with Crippen LogP contribution in [-0.2, 0) is 22.4 Å². The number of piperidine rings is 1. The van der Waals surface area contributed by atoms with Crippen molar-refractivity contribution < 1.29 is 24.5 Å². The van der Waals surface area contributed by atoms with E-state index >= 15 is 0 Å². The number of aliphatic hydroxyl groups is 2. The number of nitrogens with one attached hydrogen (secondary N) is 1. The second kappa shape index (κ2) is 9.83. The molecule has 0 aromatic carbocycles. The van der Waals surface area contributed by atoms with Crippen LogP contribution in [0.3, 0.4) is 0 Å². The summed E-state index contributed by atoms with van der Waals surface area (Å²) < 4.78 is 5.64. The summed E-state index contributed by atoms with van der Waals surface area (Å²) in [5, 5.41) is 34.3. The number of aliphatic hydroxyl groups excluding tert-OH is 2. The molecule has 2 aromatic rings. The van der Waals surface area contributed by atoms with E-state index in [1.807, 2.05) is 17.5 Å². The van der Waals surface area contributed by atoms with Crippen LogP contribution in [0.15, 0.2) is 23.6 Å². The first kappa shape index (κ1) is 22.5. The highest BCUT2D eigenvalue weighted by Gasteiger charge is 2.33. The van der Waals surface area contributed by atoms with Crippen molar-refractivity contribution in [2.75, 3.05) is 18.4 Å². The molecule has 1 saturated heterocycles. The molecule has 0 bridgehead atoms. The molecule has 3 N–H and O–H groups in total. The van der Waals surface area contributed by atoms with Crippen molar-refractivity contribution >= 4 is 45.8 Å². The van der Waals surface area contributed by atoms with E-state index in [9.17, 15) is 25.1 Å². The fraction of sp³-hybridized carbons (Fsp3) is 0.409. The number of β-amino-alcohol motifs (C(OH)–C–C–N with tert-alkyl or cyclic N) is 1. The number of likely N-dealkylation sites (tertiary alicyclic amines) is 1. The number of amides is 2. The highest BCUT2D eigenvalue weighted by atomic mass is 32.1. The van der Waals surface area contributed by atoms with Gasteiger partial charge in [0.15, 0.2) is 0 Å². The fourth-order valence-electron chi connectivity index (χ4n) is 3.86. The van der Waals surface area contributed by atoms with E-state index in [2.05, 4.69) is 11.4 Å². The minimum Gasteiger partial charge on any atom is -0.446 e. The summed E-state index contributed by atoms with van der Waals surface area (Å²) >= 11 is 2.87. The Kier molecular flexibility index (Phi) is 6.91. The van der Waals surface area contributed by atoms with Gasteiger partial charge < -0.3 is 25.2 Å². The van der Waals surface area contributed by atoms with Crippen molar-refractivity contribution in [3.8, 4) is 6.07 Å². The van der Waals surface area contributed by atoms with Crippen molar-refractivity contribution in [2.24, 2.45) is 0 Å². The first-order chi connectivity index (χ1) is 15.4. The number of nitriles is 1. The highest BCUT2D eigenvalue weighted by Crippen LogP contribution is 2.38. The fourth-order valence-corrected chi connectivity index (χ4v) is 5.75. The molecular weight excluding hydrogens is 450 g/mol. The van der Waals surface area contributed by atoms with Gasteiger partial charge >= 0.3 is 6.09 Å². The van der Waals surface area contributed by atoms with Crippen LogP contribution in [0.1, 0.15) is 33.7 Å². The Labute approximate surface area is 193 Å². The number of hydrogen-bond acceptors (Lipinski definition) is 8. The topological polar surface area (TPSA) is 123 Å². The number of ether oxygens (including phenoxy) is 1. The molecule has 10 heteroatoms. The third-order valence-electron chi connectivity index (χ3n) is 5.58. The maximum atomic E-state index is 12.5. The Hall–Kier alpha value is -2.71. The molecule has 0 spiro atoms. The molecule has 32 heavy (non-hydrogen) atoms. The summed E-state index contributed by atoms with van der Waals surface area (Å²) in [6.07, 6.45) is 2.48. The Bertz CT molecular complexity index is 1060. The van der Waals surface area contributed by atoms with Crippen LogP contribution in [0.25, 0.3) is 6.08 Å². The van der Waals surface area contributed by atoms with Gasteiger partial charge in [-0.1, -0.05) is 6.07 Å². The number of carbonyl (C=O) groups excluding carboxylic acids is 2. The van der Waals surface area contributed by atoms with Crippen LogP contribution in [0.4, 0.5) is 9.80 Å². The molecule has 0 saturated carbocycles. The summed E-state index contributed by atoms with van der Waals surface area (Å²) in [7, 11) is 0. The van der Waals surface area contributed by atoms with Gasteiger partial charge in [-0.05, 0) is 42.3 Å². The SMILES string of the molecule is N#Cc1c(NC(=O)/C=C/c2cccs2)sc2c1CCC(OC(=O)N1CCC(O)C(O)C1)C2. The zero-order valence-corrected chi connectivity index (χ0v) is 18.8. The Morgan fingerprint density at radius 2 is 2.16 bits per heavy atom. The van der Waals surface area contributed by atoms with E-state index in [4.69, 9.17) is 4.74 Å². The van der Waals surface area contributed by atoms with Crippen molar-refractivity contribution in [2.45, 2.75) is 44.0 Å². The predicted octanol–water partition coefficient (Wildman–Crippen LogP) is 2.75. The molecule has 168 valence electrons. The number of rotatable bonds is 4. The first-order valence-corrected chi connectivity index (χ1v) is 12.0. The normalized spacial score (nSPS) is 22.9. The molecule has 0 radical (unpaired) electrons. The van der Waals surface area contributed by atoms with Gasteiger partial charge in [-0.15, -0.1) is 22.7 Å². The molecular formula is C22H23N3O5S2. The number of carbonyl (C=O) groups is 2. The third-order valence-corrected chi connectivity index (χ3v) is 7.59. The van der Waals surface area contributed by atoms with Crippen LogP contribution in [0, 0.1) is 11.3 Å². The Morgan fingerprint density at radius 3 is 2.88 bits per heavy atom. The Balaban J connectivity index is 1.39. The molecule has 3 heterocycles. The largest absolute Gasteiger partial charge is 0.446 e. The van der Waals surface area contributed by atoms with E-state index in [1.165, 1.54) is 33.6 Å². The van der Waals surface area contributed by atoms with Gasteiger partial charge in [0.05, 0.1) is 24.3 Å². The van der Waals surface area contributed by atoms with Gasteiger partial charge in [0.2, 0.25) is 5.91 Å². The first-order valence-electron chi connectivity index (χ1n) is 10.3. The lowest BCUT2D eigenvalue weighted by Gasteiger charge is -2.34. The second-order valence-corrected chi connectivity index (χ2v) is 9.86. The van der Waals surface area contributed by atoms with E-state index < -0.39 is 18.3 Å². The van der Waals surface area contributed by atoms with Crippen LogP contribution in [-0.4, -0.2) is 58.5 Å². The molecule has 2 aliphatic rings. The number of nitrogens with zero attached hydrogens (tertiary/aromatic N) is 2. The number of thiophene rings is 2. The molecule has 1 aliphatic heterocycles. The van der Waals surface area contributed by atoms with Crippen molar-refractivity contribution in [1.29, 1.82) is 5.26 Å². The summed E-state index contributed by atoms with van der Waals surface area (Å²) in [4.78, 5) is 28.1. The molecule has 2 aromatic heterocycles. The van der Waals surface area contributed by atoms with Crippen LogP contribution in [0.2, 0.25) is 0 Å². The lowest BCUT2D eigenvalue weighted by atomic mass is 9.94. The Morgan fingerprint density at radius 1 is 1.31 bits per heavy atom. The zero-order chi connectivity index (χ0) is 22.7. The molecule has 8 nitrogen and oxygen atoms in total. The van der Waals surface area contributed by atoms with E-state index in [0.717, 1.165) is 15.3 Å². The summed E-state index contributed by atoms with van der Waals surface area (Å²) in [6.45, 7) is 0.381. The van der Waals surface area contributed by atoms with Gasteiger partial charge in [-0.3, -0.25) is 4.79 Å². The third kappa shape index (κ3) is 5.02. The molecule has 4 rings (SSSR count). The maximum absolute atomic E-state index is 12.5. The van der Waals surface area contributed by atoms with Crippen LogP contribution in [0.5, 0.6) is 0 Å².